The number of phenolic OH excluding ortho intramolecular Hbond substituents is 2. The summed E-state index contributed by atoms with van der Waals surface area (Å²) in [5.41, 5.74) is 4.26. The monoisotopic (exact) mass is 511 g/mol. The Kier molecular flexibility index (Phi) is 6.77. The van der Waals surface area contributed by atoms with Gasteiger partial charge in [-0.25, -0.2) is 0 Å². The van der Waals surface area contributed by atoms with Crippen LogP contribution in [0.4, 0.5) is 13.2 Å². The summed E-state index contributed by atoms with van der Waals surface area (Å²) in [7, 11) is 0. The molecule has 0 radical (unpaired) electrons. The number of hydrogen-bond donors (Lipinski definition) is 2. The number of rotatable bonds is 6. The van der Waals surface area contributed by atoms with Gasteiger partial charge in [-0.15, -0.1) is 0 Å². The summed E-state index contributed by atoms with van der Waals surface area (Å²) in [5, 5.41) is 20.1. The van der Waals surface area contributed by atoms with E-state index in [1.807, 2.05) is 37.3 Å². The van der Waals surface area contributed by atoms with Crippen molar-refractivity contribution in [2.24, 2.45) is 5.92 Å². The van der Waals surface area contributed by atoms with Crippen molar-refractivity contribution in [1.29, 1.82) is 0 Å². The molecule has 0 aliphatic carbocycles. The fraction of sp³-hybridized carbons (Fsp3) is 0.310. The molecule has 2 aliphatic heterocycles. The number of nitrogens with zero attached hydrogens (tertiary/aromatic N) is 1. The fourth-order valence-corrected chi connectivity index (χ4v) is 5.05. The van der Waals surface area contributed by atoms with Gasteiger partial charge < -0.3 is 19.7 Å². The van der Waals surface area contributed by atoms with Crippen LogP contribution in [0.25, 0.3) is 11.1 Å². The average Bonchev–Trinajstić information content (AvgIpc) is 3.34. The normalized spacial score (nSPS) is 20.0. The summed E-state index contributed by atoms with van der Waals surface area (Å²) in [5.74, 6) is 0.290. The van der Waals surface area contributed by atoms with Gasteiger partial charge in [0.05, 0.1) is 5.92 Å². The molecule has 8 heteroatoms. The Hall–Kier alpha value is -3.65. The van der Waals surface area contributed by atoms with E-state index >= 15 is 0 Å². The van der Waals surface area contributed by atoms with Crippen LogP contribution >= 0.6 is 0 Å². The topological polar surface area (TPSA) is 62.2 Å². The maximum atomic E-state index is 12.9. The summed E-state index contributed by atoms with van der Waals surface area (Å²) in [6.07, 6.45) is -4.47. The van der Waals surface area contributed by atoms with E-state index in [4.69, 9.17) is 9.47 Å². The van der Waals surface area contributed by atoms with Gasteiger partial charge in [0.2, 0.25) is 0 Å². The molecule has 5 rings (SSSR count). The maximum absolute atomic E-state index is 12.9. The standard InChI is InChI=1S/C29H28F3NO4/c1-18-25-16-23(35)7-10-26(25)37-28(27(18)20-3-2-4-22(34)15-20)19-5-8-24(9-6-19)36-14-13-33-12-11-21(17-33)29(30,31)32/h2-10,15-16,21,28,34-35H,11-14,17H2,1H3/t21-,28?/m1/s1. The molecule has 0 bridgehead atoms. The molecule has 1 fully saturated rings. The van der Waals surface area contributed by atoms with Crippen LogP contribution in [0.1, 0.15) is 36.1 Å². The highest BCUT2D eigenvalue weighted by molar-refractivity contribution is 5.95. The van der Waals surface area contributed by atoms with Gasteiger partial charge in [0.1, 0.15) is 35.7 Å². The number of halogens is 3. The molecule has 194 valence electrons. The van der Waals surface area contributed by atoms with Crippen molar-refractivity contribution in [1.82, 2.24) is 4.90 Å². The Morgan fingerprint density at radius 1 is 1.00 bits per heavy atom. The van der Waals surface area contributed by atoms with Gasteiger partial charge in [-0.2, -0.15) is 13.2 Å². The molecule has 1 unspecified atom stereocenters. The lowest BCUT2D eigenvalue weighted by Gasteiger charge is -2.31. The van der Waals surface area contributed by atoms with E-state index in [9.17, 15) is 23.4 Å². The molecule has 0 amide bonds. The van der Waals surface area contributed by atoms with Crippen LogP contribution in [0.15, 0.2) is 66.7 Å². The first-order valence-corrected chi connectivity index (χ1v) is 12.2. The minimum Gasteiger partial charge on any atom is -0.508 e. The third kappa shape index (κ3) is 5.39. The van der Waals surface area contributed by atoms with Gasteiger partial charge in [-0.1, -0.05) is 24.3 Å². The third-order valence-electron chi connectivity index (χ3n) is 7.03. The van der Waals surface area contributed by atoms with Gasteiger partial charge in [0.25, 0.3) is 0 Å². The number of alkyl halides is 3. The molecular weight excluding hydrogens is 483 g/mol. The van der Waals surface area contributed by atoms with Crippen LogP contribution in [-0.4, -0.2) is 47.5 Å². The van der Waals surface area contributed by atoms with E-state index < -0.39 is 18.2 Å². The Labute approximate surface area is 213 Å². The van der Waals surface area contributed by atoms with Crippen molar-refractivity contribution in [3.63, 3.8) is 0 Å². The molecule has 2 N–H and O–H groups in total. The van der Waals surface area contributed by atoms with Crippen molar-refractivity contribution in [2.75, 3.05) is 26.2 Å². The van der Waals surface area contributed by atoms with Gasteiger partial charge >= 0.3 is 6.18 Å². The second-order valence-electron chi connectivity index (χ2n) is 9.51. The zero-order valence-electron chi connectivity index (χ0n) is 20.3. The summed E-state index contributed by atoms with van der Waals surface area (Å²) in [6, 6.07) is 19.4. The highest BCUT2D eigenvalue weighted by Crippen LogP contribution is 2.47. The summed E-state index contributed by atoms with van der Waals surface area (Å²) in [6.45, 7) is 3.15. The zero-order valence-corrected chi connectivity index (χ0v) is 20.3. The van der Waals surface area contributed by atoms with E-state index in [2.05, 4.69) is 0 Å². The second-order valence-corrected chi connectivity index (χ2v) is 9.51. The van der Waals surface area contributed by atoms with Crippen molar-refractivity contribution in [3.8, 4) is 23.0 Å². The smallest absolute Gasteiger partial charge is 0.393 e. The number of hydrogen-bond acceptors (Lipinski definition) is 5. The van der Waals surface area contributed by atoms with Crippen molar-refractivity contribution in [3.05, 3.63) is 83.4 Å². The van der Waals surface area contributed by atoms with Gasteiger partial charge in [0, 0.05) is 24.2 Å². The number of aromatic hydroxyl groups is 2. The second kappa shape index (κ2) is 10.0. The number of phenols is 2. The summed E-state index contributed by atoms with van der Waals surface area (Å²) in [4.78, 5) is 1.78. The number of fused-ring (bicyclic) bond motifs is 1. The molecule has 0 saturated carbocycles. The number of allylic oxidation sites excluding steroid dienone is 1. The van der Waals surface area contributed by atoms with E-state index in [-0.39, 0.29) is 24.5 Å². The Balaban J connectivity index is 1.33. The molecule has 2 atom stereocenters. The molecule has 3 aromatic carbocycles. The summed E-state index contributed by atoms with van der Waals surface area (Å²) < 4.78 is 50.9. The van der Waals surface area contributed by atoms with Gasteiger partial charge in [-0.3, -0.25) is 4.90 Å². The molecule has 0 spiro atoms. The van der Waals surface area contributed by atoms with E-state index in [0.717, 1.165) is 27.8 Å². The molecule has 1 saturated heterocycles. The van der Waals surface area contributed by atoms with E-state index in [0.29, 0.717) is 31.2 Å². The van der Waals surface area contributed by atoms with E-state index in [1.54, 1.807) is 41.3 Å². The Morgan fingerprint density at radius 2 is 1.76 bits per heavy atom. The largest absolute Gasteiger partial charge is 0.508 e. The van der Waals surface area contributed by atoms with Crippen LogP contribution < -0.4 is 9.47 Å². The molecule has 2 heterocycles. The quantitative estimate of drug-likeness (QED) is 0.400. The molecule has 0 aromatic heterocycles. The first-order chi connectivity index (χ1) is 17.7. The molecule has 3 aromatic rings. The summed E-state index contributed by atoms with van der Waals surface area (Å²) >= 11 is 0. The predicted octanol–water partition coefficient (Wildman–Crippen LogP) is 6.43. The lowest BCUT2D eigenvalue weighted by atomic mass is 9.86. The predicted molar refractivity (Wildman–Crippen MR) is 135 cm³/mol. The third-order valence-corrected chi connectivity index (χ3v) is 7.03. The van der Waals surface area contributed by atoms with Crippen LogP contribution in [0.3, 0.4) is 0 Å². The molecule has 37 heavy (non-hydrogen) atoms. The van der Waals surface area contributed by atoms with Crippen LogP contribution in [0.5, 0.6) is 23.0 Å². The zero-order chi connectivity index (χ0) is 26.2. The molecule has 2 aliphatic rings. The minimum atomic E-state index is -4.14. The maximum Gasteiger partial charge on any atom is 0.393 e. The lowest BCUT2D eigenvalue weighted by Crippen LogP contribution is -2.30. The Bertz CT molecular complexity index is 1300. The van der Waals surface area contributed by atoms with Crippen LogP contribution in [0.2, 0.25) is 0 Å². The molecule has 5 nitrogen and oxygen atoms in total. The van der Waals surface area contributed by atoms with E-state index in [1.165, 1.54) is 0 Å². The average molecular weight is 512 g/mol. The SMILES string of the molecule is CC1=C(c2cccc(O)c2)C(c2ccc(OCCN3CC[C@@H](C(F)(F)F)C3)cc2)Oc2ccc(O)cc21. The van der Waals surface area contributed by atoms with Gasteiger partial charge in [-0.05, 0) is 79.1 Å². The van der Waals surface area contributed by atoms with Crippen molar-refractivity contribution < 1.29 is 32.9 Å². The minimum absolute atomic E-state index is 0.0214. The number of benzene rings is 3. The van der Waals surface area contributed by atoms with Crippen molar-refractivity contribution in [2.45, 2.75) is 25.6 Å². The van der Waals surface area contributed by atoms with Crippen LogP contribution in [0, 0.1) is 5.92 Å². The number of likely N-dealkylation sites (tertiary alicyclic amines) is 1. The fourth-order valence-electron chi connectivity index (χ4n) is 5.05. The van der Waals surface area contributed by atoms with Gasteiger partial charge in [0.15, 0.2) is 0 Å². The highest BCUT2D eigenvalue weighted by atomic mass is 19.4. The first-order valence-electron chi connectivity index (χ1n) is 12.2. The number of ether oxygens (including phenoxy) is 2. The first kappa shape index (κ1) is 25.0. The highest BCUT2D eigenvalue weighted by Gasteiger charge is 2.43. The lowest BCUT2D eigenvalue weighted by molar-refractivity contribution is -0.170. The van der Waals surface area contributed by atoms with Crippen molar-refractivity contribution >= 4 is 11.1 Å². The van der Waals surface area contributed by atoms with Crippen LogP contribution in [-0.2, 0) is 0 Å². The molecular formula is C29H28F3NO4. The Morgan fingerprint density at radius 3 is 2.46 bits per heavy atom.